The standard InChI is InChI=1S/C12H22N2O/c1-4-6-13-8-11-9-14(7-5-2)12(15)10(11)3/h13H,4-9H2,1-3H3. The lowest BCUT2D eigenvalue weighted by atomic mass is 10.2. The van der Waals surface area contributed by atoms with Crippen LogP contribution in [0.1, 0.15) is 33.6 Å². The van der Waals surface area contributed by atoms with Gasteiger partial charge in [0.15, 0.2) is 0 Å². The second kappa shape index (κ2) is 5.91. The summed E-state index contributed by atoms with van der Waals surface area (Å²) >= 11 is 0. The fraction of sp³-hybridized carbons (Fsp3) is 0.750. The van der Waals surface area contributed by atoms with Gasteiger partial charge in [0.25, 0.3) is 0 Å². The summed E-state index contributed by atoms with van der Waals surface area (Å²) in [6.45, 7) is 9.81. The van der Waals surface area contributed by atoms with Crippen LogP contribution in [0.5, 0.6) is 0 Å². The zero-order valence-corrected chi connectivity index (χ0v) is 10.1. The average Bonchev–Trinajstić information content (AvgIpc) is 2.48. The zero-order chi connectivity index (χ0) is 11.3. The molecule has 0 aromatic heterocycles. The van der Waals surface area contributed by atoms with Crippen molar-refractivity contribution < 1.29 is 4.79 Å². The third-order valence-electron chi connectivity index (χ3n) is 2.78. The molecule has 0 saturated carbocycles. The molecule has 1 rings (SSSR count). The van der Waals surface area contributed by atoms with Gasteiger partial charge >= 0.3 is 0 Å². The van der Waals surface area contributed by atoms with Gasteiger partial charge in [0.05, 0.1) is 0 Å². The molecule has 0 aromatic carbocycles. The Morgan fingerprint density at radius 2 is 2.07 bits per heavy atom. The van der Waals surface area contributed by atoms with Crippen molar-refractivity contribution in [1.82, 2.24) is 10.2 Å². The second-order valence-electron chi connectivity index (χ2n) is 4.13. The lowest BCUT2D eigenvalue weighted by Gasteiger charge is -2.15. The zero-order valence-electron chi connectivity index (χ0n) is 10.1. The number of hydrogen-bond acceptors (Lipinski definition) is 2. The first-order valence-electron chi connectivity index (χ1n) is 5.89. The molecule has 3 heteroatoms. The van der Waals surface area contributed by atoms with Crippen molar-refractivity contribution in [2.45, 2.75) is 33.6 Å². The molecule has 0 radical (unpaired) electrons. The Morgan fingerprint density at radius 3 is 2.67 bits per heavy atom. The number of nitrogens with zero attached hydrogens (tertiary/aromatic N) is 1. The van der Waals surface area contributed by atoms with E-state index in [1.165, 1.54) is 5.57 Å². The Labute approximate surface area is 92.5 Å². The molecule has 0 fully saturated rings. The van der Waals surface area contributed by atoms with Gasteiger partial charge < -0.3 is 10.2 Å². The number of amides is 1. The van der Waals surface area contributed by atoms with Gasteiger partial charge in [0.1, 0.15) is 0 Å². The van der Waals surface area contributed by atoms with Crippen molar-refractivity contribution in [2.24, 2.45) is 0 Å². The molecule has 0 bridgehead atoms. The van der Waals surface area contributed by atoms with Crippen LogP contribution in [0.15, 0.2) is 11.1 Å². The highest BCUT2D eigenvalue weighted by molar-refractivity contribution is 5.96. The van der Waals surface area contributed by atoms with E-state index in [9.17, 15) is 4.79 Å². The van der Waals surface area contributed by atoms with E-state index in [0.29, 0.717) is 0 Å². The molecule has 1 heterocycles. The van der Waals surface area contributed by atoms with Gasteiger partial charge in [-0.3, -0.25) is 4.79 Å². The van der Waals surface area contributed by atoms with Crippen LogP contribution in [0, 0.1) is 0 Å². The minimum Gasteiger partial charge on any atom is -0.335 e. The molecule has 1 N–H and O–H groups in total. The van der Waals surface area contributed by atoms with Crippen molar-refractivity contribution in [3.05, 3.63) is 11.1 Å². The monoisotopic (exact) mass is 210 g/mol. The summed E-state index contributed by atoms with van der Waals surface area (Å²) in [6, 6.07) is 0. The summed E-state index contributed by atoms with van der Waals surface area (Å²) in [7, 11) is 0. The molecule has 0 saturated heterocycles. The number of hydrogen-bond donors (Lipinski definition) is 1. The van der Waals surface area contributed by atoms with Crippen LogP contribution < -0.4 is 5.32 Å². The van der Waals surface area contributed by atoms with Gasteiger partial charge in [0.2, 0.25) is 5.91 Å². The van der Waals surface area contributed by atoms with E-state index in [1.54, 1.807) is 0 Å². The predicted molar refractivity (Wildman–Crippen MR) is 62.7 cm³/mol. The maximum atomic E-state index is 11.8. The molecule has 1 aliphatic heterocycles. The fourth-order valence-electron chi connectivity index (χ4n) is 1.86. The van der Waals surface area contributed by atoms with E-state index < -0.39 is 0 Å². The minimum atomic E-state index is 0.227. The summed E-state index contributed by atoms with van der Waals surface area (Å²) in [6.07, 6.45) is 2.17. The van der Waals surface area contributed by atoms with Gasteiger partial charge in [-0.05, 0) is 31.9 Å². The van der Waals surface area contributed by atoms with Crippen molar-refractivity contribution in [3.8, 4) is 0 Å². The second-order valence-corrected chi connectivity index (χ2v) is 4.13. The summed E-state index contributed by atoms with van der Waals surface area (Å²) in [5.74, 6) is 0.227. The normalized spacial score (nSPS) is 16.7. The topological polar surface area (TPSA) is 32.3 Å². The molecule has 1 amide bonds. The van der Waals surface area contributed by atoms with E-state index in [-0.39, 0.29) is 5.91 Å². The molecule has 0 atom stereocenters. The summed E-state index contributed by atoms with van der Waals surface area (Å²) in [5, 5.41) is 3.35. The van der Waals surface area contributed by atoms with Gasteiger partial charge in [-0.1, -0.05) is 13.8 Å². The third-order valence-corrected chi connectivity index (χ3v) is 2.78. The SMILES string of the molecule is CCCNCC1=C(C)C(=O)N(CCC)C1. The van der Waals surface area contributed by atoms with E-state index in [1.807, 2.05) is 11.8 Å². The number of carbonyl (C=O) groups excluding carboxylic acids is 1. The Hall–Kier alpha value is -0.830. The smallest absolute Gasteiger partial charge is 0.249 e. The first-order chi connectivity index (χ1) is 7.20. The van der Waals surface area contributed by atoms with Gasteiger partial charge in [-0.25, -0.2) is 0 Å². The van der Waals surface area contributed by atoms with Crippen LogP contribution in [-0.4, -0.2) is 37.0 Å². The van der Waals surface area contributed by atoms with Gasteiger partial charge in [-0.2, -0.15) is 0 Å². The maximum absolute atomic E-state index is 11.8. The summed E-state index contributed by atoms with van der Waals surface area (Å²) in [4.78, 5) is 13.7. The van der Waals surface area contributed by atoms with Crippen LogP contribution in [0.4, 0.5) is 0 Å². The molecule has 0 spiro atoms. The van der Waals surface area contributed by atoms with E-state index in [2.05, 4.69) is 19.2 Å². The van der Waals surface area contributed by atoms with E-state index >= 15 is 0 Å². The quantitative estimate of drug-likeness (QED) is 0.675. The molecule has 1 aliphatic rings. The molecule has 0 aliphatic carbocycles. The fourth-order valence-corrected chi connectivity index (χ4v) is 1.86. The van der Waals surface area contributed by atoms with Crippen LogP contribution in [0.2, 0.25) is 0 Å². The predicted octanol–water partition coefficient (Wildman–Crippen LogP) is 1.55. The highest BCUT2D eigenvalue weighted by atomic mass is 16.2. The lowest BCUT2D eigenvalue weighted by Crippen LogP contribution is -2.28. The van der Waals surface area contributed by atoms with E-state index in [4.69, 9.17) is 0 Å². The van der Waals surface area contributed by atoms with Gasteiger partial charge in [-0.15, -0.1) is 0 Å². The number of rotatable bonds is 6. The summed E-state index contributed by atoms with van der Waals surface area (Å²) in [5.41, 5.74) is 2.22. The molecular weight excluding hydrogens is 188 g/mol. The molecule has 0 aromatic rings. The number of carbonyl (C=O) groups is 1. The highest BCUT2D eigenvalue weighted by Gasteiger charge is 2.25. The molecule has 86 valence electrons. The van der Waals surface area contributed by atoms with Crippen LogP contribution >= 0.6 is 0 Å². The van der Waals surface area contributed by atoms with Crippen molar-refractivity contribution in [2.75, 3.05) is 26.2 Å². The molecule has 3 nitrogen and oxygen atoms in total. The van der Waals surface area contributed by atoms with Gasteiger partial charge in [0, 0.05) is 25.2 Å². The van der Waals surface area contributed by atoms with E-state index in [0.717, 1.165) is 44.6 Å². The van der Waals surface area contributed by atoms with Crippen LogP contribution in [0.3, 0.4) is 0 Å². The van der Waals surface area contributed by atoms with Crippen molar-refractivity contribution >= 4 is 5.91 Å². The van der Waals surface area contributed by atoms with Crippen molar-refractivity contribution in [3.63, 3.8) is 0 Å². The Morgan fingerprint density at radius 1 is 1.33 bits per heavy atom. The molecular formula is C12H22N2O. The number of nitrogens with one attached hydrogen (secondary N) is 1. The lowest BCUT2D eigenvalue weighted by molar-refractivity contribution is -0.125. The van der Waals surface area contributed by atoms with Crippen LogP contribution in [0.25, 0.3) is 0 Å². The minimum absolute atomic E-state index is 0.227. The Balaban J connectivity index is 2.47. The molecule has 0 unspecified atom stereocenters. The third kappa shape index (κ3) is 3.06. The van der Waals surface area contributed by atoms with Crippen LogP contribution in [-0.2, 0) is 4.79 Å². The maximum Gasteiger partial charge on any atom is 0.249 e. The Bertz CT molecular complexity index is 258. The van der Waals surface area contributed by atoms with Crippen molar-refractivity contribution in [1.29, 1.82) is 0 Å². The summed E-state index contributed by atoms with van der Waals surface area (Å²) < 4.78 is 0. The highest BCUT2D eigenvalue weighted by Crippen LogP contribution is 2.18. The largest absolute Gasteiger partial charge is 0.335 e. The first-order valence-corrected chi connectivity index (χ1v) is 5.89. The Kier molecular flexibility index (Phi) is 4.82. The first kappa shape index (κ1) is 12.2. The average molecular weight is 210 g/mol. The molecule has 15 heavy (non-hydrogen) atoms.